The van der Waals surface area contributed by atoms with E-state index in [1.54, 1.807) is 0 Å². The van der Waals surface area contributed by atoms with E-state index in [-0.39, 0.29) is 0 Å². The molecule has 0 unspecified atom stereocenters. The van der Waals surface area contributed by atoms with Crippen LogP contribution in [-0.4, -0.2) is 9.38 Å². The topological polar surface area (TPSA) is 17.3 Å². The Kier molecular flexibility index (Phi) is 2.28. The highest BCUT2D eigenvalue weighted by Crippen LogP contribution is 2.16. The third-order valence-electron chi connectivity index (χ3n) is 2.63. The molecular weight excluding hydrogens is 172 g/mol. The van der Waals surface area contributed by atoms with Gasteiger partial charge in [0, 0.05) is 18.1 Å². The van der Waals surface area contributed by atoms with Crippen molar-refractivity contribution in [3.05, 3.63) is 35.8 Å². The second kappa shape index (κ2) is 3.45. The lowest BCUT2D eigenvalue weighted by molar-refractivity contribution is 0.847. The molecule has 0 aliphatic carbocycles. The molecule has 0 aliphatic rings. The largest absolute Gasteiger partial charge is 0.304 e. The summed E-state index contributed by atoms with van der Waals surface area (Å²) in [6.45, 7) is 6.58. The third-order valence-corrected chi connectivity index (χ3v) is 2.63. The lowest BCUT2D eigenvalue weighted by Crippen LogP contribution is -1.95. The predicted molar refractivity (Wildman–Crippen MR) is 58.7 cm³/mol. The second-order valence-corrected chi connectivity index (χ2v) is 3.95. The Morgan fingerprint density at radius 1 is 1.36 bits per heavy atom. The van der Waals surface area contributed by atoms with Crippen LogP contribution >= 0.6 is 0 Å². The van der Waals surface area contributed by atoms with Gasteiger partial charge in [0.1, 0.15) is 5.65 Å². The Bertz CT molecular complexity index is 441. The Morgan fingerprint density at radius 3 is 2.79 bits per heavy atom. The number of aryl methyl sites for hydroxylation is 1. The highest BCUT2D eigenvalue weighted by atomic mass is 15.0. The molecule has 0 saturated heterocycles. The van der Waals surface area contributed by atoms with Crippen LogP contribution in [0, 0.1) is 0 Å². The van der Waals surface area contributed by atoms with E-state index in [0.29, 0.717) is 5.92 Å². The Balaban J connectivity index is 2.61. The number of hydrogen-bond donors (Lipinski definition) is 0. The number of fused-ring (bicyclic) bond motifs is 1. The number of nitrogens with zero attached hydrogens (tertiary/aromatic N) is 2. The van der Waals surface area contributed by atoms with Gasteiger partial charge in [-0.25, -0.2) is 4.98 Å². The first kappa shape index (κ1) is 9.25. The van der Waals surface area contributed by atoms with Gasteiger partial charge >= 0.3 is 0 Å². The molecule has 14 heavy (non-hydrogen) atoms. The summed E-state index contributed by atoms with van der Waals surface area (Å²) in [7, 11) is 0. The summed E-state index contributed by atoms with van der Waals surface area (Å²) in [6, 6.07) is 4.25. The van der Waals surface area contributed by atoms with Crippen LogP contribution in [-0.2, 0) is 6.42 Å². The highest BCUT2D eigenvalue weighted by Gasteiger charge is 2.04. The maximum atomic E-state index is 4.35. The van der Waals surface area contributed by atoms with E-state index in [1.807, 2.05) is 6.20 Å². The lowest BCUT2D eigenvalue weighted by atomic mass is 10.1. The Hall–Kier alpha value is -1.31. The molecule has 0 aliphatic heterocycles. The summed E-state index contributed by atoms with van der Waals surface area (Å²) in [6.07, 6.45) is 5.19. The van der Waals surface area contributed by atoms with Gasteiger partial charge in [0.25, 0.3) is 0 Å². The zero-order valence-electron chi connectivity index (χ0n) is 8.99. The molecule has 0 spiro atoms. The van der Waals surface area contributed by atoms with E-state index in [1.165, 1.54) is 11.3 Å². The van der Waals surface area contributed by atoms with E-state index >= 15 is 0 Å². The van der Waals surface area contributed by atoms with Crippen LogP contribution in [0.3, 0.4) is 0 Å². The number of hydrogen-bond acceptors (Lipinski definition) is 1. The maximum absolute atomic E-state index is 4.35. The third kappa shape index (κ3) is 1.41. The molecule has 2 rings (SSSR count). The normalized spacial score (nSPS) is 11.4. The molecule has 2 aromatic heterocycles. The molecule has 2 heterocycles. The van der Waals surface area contributed by atoms with Gasteiger partial charge in [0.15, 0.2) is 0 Å². The smallest absolute Gasteiger partial charge is 0.136 e. The minimum absolute atomic E-state index is 0.575. The van der Waals surface area contributed by atoms with E-state index in [4.69, 9.17) is 0 Å². The summed E-state index contributed by atoms with van der Waals surface area (Å²) in [5, 5.41) is 0. The van der Waals surface area contributed by atoms with Crippen LogP contribution in [0.4, 0.5) is 0 Å². The van der Waals surface area contributed by atoms with Crippen molar-refractivity contribution in [3.8, 4) is 0 Å². The number of imidazole rings is 1. The molecule has 0 amide bonds. The van der Waals surface area contributed by atoms with Crippen LogP contribution in [0.15, 0.2) is 24.5 Å². The van der Waals surface area contributed by atoms with Gasteiger partial charge in [-0.05, 0) is 24.0 Å². The van der Waals surface area contributed by atoms with Crippen molar-refractivity contribution in [2.75, 3.05) is 0 Å². The first-order valence-corrected chi connectivity index (χ1v) is 5.18. The molecule has 2 aromatic rings. The zero-order valence-corrected chi connectivity index (χ0v) is 8.99. The van der Waals surface area contributed by atoms with Crippen LogP contribution in [0.5, 0.6) is 0 Å². The maximum Gasteiger partial charge on any atom is 0.136 e. The van der Waals surface area contributed by atoms with Gasteiger partial charge < -0.3 is 4.40 Å². The average Bonchev–Trinajstić information content (AvgIpc) is 2.59. The molecular formula is C12H16N2. The van der Waals surface area contributed by atoms with Crippen molar-refractivity contribution in [1.29, 1.82) is 0 Å². The van der Waals surface area contributed by atoms with Crippen molar-refractivity contribution in [2.45, 2.75) is 33.1 Å². The van der Waals surface area contributed by atoms with Crippen molar-refractivity contribution < 1.29 is 0 Å². The summed E-state index contributed by atoms with van der Waals surface area (Å²) < 4.78 is 2.19. The van der Waals surface area contributed by atoms with Gasteiger partial charge in [0.05, 0.1) is 0 Å². The van der Waals surface area contributed by atoms with Crippen LogP contribution in [0.1, 0.15) is 37.9 Å². The van der Waals surface area contributed by atoms with Gasteiger partial charge in [-0.2, -0.15) is 0 Å². The molecule has 0 radical (unpaired) electrons. The van der Waals surface area contributed by atoms with E-state index in [2.05, 4.69) is 48.5 Å². The summed E-state index contributed by atoms with van der Waals surface area (Å²) in [5.41, 5.74) is 3.69. The molecule has 0 bridgehead atoms. The average molecular weight is 188 g/mol. The second-order valence-electron chi connectivity index (χ2n) is 3.95. The first-order chi connectivity index (χ1) is 6.72. The van der Waals surface area contributed by atoms with E-state index < -0.39 is 0 Å². The van der Waals surface area contributed by atoms with E-state index in [0.717, 1.165) is 12.1 Å². The fourth-order valence-corrected chi connectivity index (χ4v) is 1.65. The van der Waals surface area contributed by atoms with Crippen LogP contribution in [0.25, 0.3) is 5.65 Å². The van der Waals surface area contributed by atoms with Gasteiger partial charge in [-0.1, -0.05) is 26.8 Å². The molecule has 0 N–H and O–H groups in total. The zero-order chi connectivity index (χ0) is 10.1. The first-order valence-electron chi connectivity index (χ1n) is 5.18. The quantitative estimate of drug-likeness (QED) is 0.708. The Labute approximate surface area is 84.6 Å². The molecule has 2 heteroatoms. The van der Waals surface area contributed by atoms with Crippen molar-refractivity contribution in [2.24, 2.45) is 0 Å². The SMILES string of the molecule is CCc1cnc2ccc(C(C)C)cn12. The standard InChI is InChI=1S/C12H16N2/c1-4-11-7-13-12-6-5-10(9(2)3)8-14(11)12/h5-9H,4H2,1-3H3. The number of rotatable bonds is 2. The van der Waals surface area contributed by atoms with Crippen molar-refractivity contribution in [3.63, 3.8) is 0 Å². The highest BCUT2D eigenvalue weighted by molar-refractivity contribution is 5.42. The summed E-state index contributed by atoms with van der Waals surface area (Å²) in [5.74, 6) is 0.575. The van der Waals surface area contributed by atoms with Crippen LogP contribution in [0.2, 0.25) is 0 Å². The number of pyridine rings is 1. The number of aromatic nitrogens is 2. The monoisotopic (exact) mass is 188 g/mol. The summed E-state index contributed by atoms with van der Waals surface area (Å²) >= 11 is 0. The fraction of sp³-hybridized carbons (Fsp3) is 0.417. The van der Waals surface area contributed by atoms with Gasteiger partial charge in [-0.15, -0.1) is 0 Å². The summed E-state index contributed by atoms with van der Waals surface area (Å²) in [4.78, 5) is 4.35. The van der Waals surface area contributed by atoms with Gasteiger partial charge in [-0.3, -0.25) is 0 Å². The molecule has 0 aromatic carbocycles. The molecule has 2 nitrogen and oxygen atoms in total. The molecule has 0 atom stereocenters. The van der Waals surface area contributed by atoms with Crippen LogP contribution < -0.4 is 0 Å². The molecule has 74 valence electrons. The Morgan fingerprint density at radius 2 is 2.14 bits per heavy atom. The fourth-order valence-electron chi connectivity index (χ4n) is 1.65. The minimum Gasteiger partial charge on any atom is -0.304 e. The van der Waals surface area contributed by atoms with Crippen molar-refractivity contribution >= 4 is 5.65 Å². The van der Waals surface area contributed by atoms with Gasteiger partial charge in [0.2, 0.25) is 0 Å². The minimum atomic E-state index is 0.575. The van der Waals surface area contributed by atoms with E-state index in [9.17, 15) is 0 Å². The molecule has 0 fully saturated rings. The lowest BCUT2D eigenvalue weighted by Gasteiger charge is -2.06. The predicted octanol–water partition coefficient (Wildman–Crippen LogP) is 3.02. The molecule has 0 saturated carbocycles. The van der Waals surface area contributed by atoms with Crippen molar-refractivity contribution in [1.82, 2.24) is 9.38 Å².